The molecule has 0 saturated heterocycles. The van der Waals surface area contributed by atoms with Gasteiger partial charge in [-0.05, 0) is 55.0 Å². The van der Waals surface area contributed by atoms with E-state index in [1.165, 1.54) is 6.07 Å². The Balaban J connectivity index is 1.52. The number of ether oxygens (including phenoxy) is 1. The summed E-state index contributed by atoms with van der Waals surface area (Å²) in [6.07, 6.45) is 7.14. The second-order valence-corrected chi connectivity index (χ2v) is 6.80. The van der Waals surface area contributed by atoms with Crippen LogP contribution in [0.25, 0.3) is 16.7 Å². The molecule has 0 atom stereocenters. The predicted molar refractivity (Wildman–Crippen MR) is 97.5 cm³/mol. The van der Waals surface area contributed by atoms with E-state index in [0.29, 0.717) is 29.6 Å². The van der Waals surface area contributed by atoms with E-state index in [0.717, 1.165) is 30.2 Å². The largest absolute Gasteiger partial charge is 0.481 e. The van der Waals surface area contributed by atoms with Crippen LogP contribution in [0.5, 0.6) is 0 Å². The Labute approximate surface area is 155 Å². The summed E-state index contributed by atoms with van der Waals surface area (Å²) in [6, 6.07) is 6.72. The van der Waals surface area contributed by atoms with Gasteiger partial charge in [-0.1, -0.05) is 6.07 Å². The summed E-state index contributed by atoms with van der Waals surface area (Å²) >= 11 is 0. The van der Waals surface area contributed by atoms with Crippen molar-refractivity contribution in [3.8, 4) is 5.69 Å². The highest BCUT2D eigenvalue weighted by Crippen LogP contribution is 2.24. The van der Waals surface area contributed by atoms with Crippen molar-refractivity contribution in [3.05, 3.63) is 53.6 Å². The fourth-order valence-electron chi connectivity index (χ4n) is 2.98. The van der Waals surface area contributed by atoms with E-state index >= 15 is 0 Å². The highest BCUT2D eigenvalue weighted by molar-refractivity contribution is 5.76. The molecule has 0 unspecified atom stereocenters. The van der Waals surface area contributed by atoms with E-state index in [-0.39, 0.29) is 12.8 Å². The van der Waals surface area contributed by atoms with Gasteiger partial charge in [-0.2, -0.15) is 5.10 Å². The molecule has 1 aromatic carbocycles. The summed E-state index contributed by atoms with van der Waals surface area (Å²) in [5.74, 6) is -1.38. The number of carboxylic acid groups (broad SMARTS) is 1. The number of aryl methyl sites for hydroxylation is 1. The Hall–Kier alpha value is -2.80. The summed E-state index contributed by atoms with van der Waals surface area (Å²) in [5.41, 5.74) is 2.67. The summed E-state index contributed by atoms with van der Waals surface area (Å²) < 4.78 is 21.6. The number of aliphatic carboxylic acids is 1. The van der Waals surface area contributed by atoms with Gasteiger partial charge in [0.15, 0.2) is 5.65 Å². The summed E-state index contributed by atoms with van der Waals surface area (Å²) in [4.78, 5) is 15.1. The molecule has 1 aliphatic carbocycles. The van der Waals surface area contributed by atoms with Crippen LogP contribution in [0.2, 0.25) is 0 Å². The second-order valence-electron chi connectivity index (χ2n) is 6.80. The van der Waals surface area contributed by atoms with Gasteiger partial charge in [0.05, 0.1) is 24.6 Å². The SMILES string of the molecule is O=C(O)CCc1ccc(-n2ncc3cc(CCOC4CC4)cnc32)cc1F. The molecule has 3 aromatic rings. The van der Waals surface area contributed by atoms with Crippen molar-refractivity contribution in [3.63, 3.8) is 0 Å². The molecular weight excluding hydrogens is 349 g/mol. The van der Waals surface area contributed by atoms with Gasteiger partial charge < -0.3 is 9.84 Å². The minimum absolute atomic E-state index is 0.101. The van der Waals surface area contributed by atoms with Crippen LogP contribution >= 0.6 is 0 Å². The van der Waals surface area contributed by atoms with Gasteiger partial charge in [0.2, 0.25) is 0 Å². The summed E-state index contributed by atoms with van der Waals surface area (Å²) in [7, 11) is 0. The van der Waals surface area contributed by atoms with E-state index < -0.39 is 11.8 Å². The summed E-state index contributed by atoms with van der Waals surface area (Å²) in [6.45, 7) is 0.689. The molecule has 0 amide bonds. The molecule has 6 nitrogen and oxygen atoms in total. The number of pyridine rings is 1. The number of rotatable bonds is 8. The van der Waals surface area contributed by atoms with E-state index in [2.05, 4.69) is 10.1 Å². The van der Waals surface area contributed by atoms with Crippen molar-refractivity contribution in [1.82, 2.24) is 14.8 Å². The van der Waals surface area contributed by atoms with Crippen LogP contribution in [-0.4, -0.2) is 38.6 Å². The number of hydrogen-bond donors (Lipinski definition) is 1. The van der Waals surface area contributed by atoms with Crippen LogP contribution in [0.15, 0.2) is 36.7 Å². The third-order valence-corrected chi connectivity index (χ3v) is 4.62. The number of benzene rings is 1. The van der Waals surface area contributed by atoms with E-state index in [4.69, 9.17) is 9.84 Å². The molecule has 1 fully saturated rings. The molecule has 2 heterocycles. The molecule has 4 rings (SSSR count). The minimum Gasteiger partial charge on any atom is -0.481 e. The van der Waals surface area contributed by atoms with E-state index in [1.54, 1.807) is 29.2 Å². The third-order valence-electron chi connectivity index (χ3n) is 4.62. The van der Waals surface area contributed by atoms with Crippen molar-refractivity contribution in [2.75, 3.05) is 6.61 Å². The predicted octanol–water partition coefficient (Wildman–Crippen LogP) is 3.30. The van der Waals surface area contributed by atoms with Gasteiger partial charge in [-0.25, -0.2) is 14.1 Å². The van der Waals surface area contributed by atoms with Crippen molar-refractivity contribution in [2.45, 2.75) is 38.2 Å². The molecule has 1 N–H and O–H groups in total. The number of carbonyl (C=O) groups is 1. The molecule has 0 spiro atoms. The van der Waals surface area contributed by atoms with E-state index in [1.807, 2.05) is 6.07 Å². The van der Waals surface area contributed by atoms with Crippen LogP contribution in [0, 0.1) is 5.82 Å². The fourth-order valence-corrected chi connectivity index (χ4v) is 2.98. The van der Waals surface area contributed by atoms with Crippen LogP contribution in [-0.2, 0) is 22.4 Å². The number of carboxylic acids is 1. The standard InChI is InChI=1S/C20H20FN3O3/c21-18-10-16(3-1-14(18)2-6-19(25)26)24-20-15(12-23-24)9-13(11-22-20)7-8-27-17-4-5-17/h1,3,9-12,17H,2,4-8H2,(H,25,26). The molecule has 2 aromatic heterocycles. The van der Waals surface area contributed by atoms with Crippen LogP contribution < -0.4 is 0 Å². The average molecular weight is 369 g/mol. The lowest BCUT2D eigenvalue weighted by molar-refractivity contribution is -0.136. The number of nitrogens with zero attached hydrogens (tertiary/aromatic N) is 3. The molecule has 140 valence electrons. The first-order valence-electron chi connectivity index (χ1n) is 9.05. The van der Waals surface area contributed by atoms with Crippen molar-refractivity contribution >= 4 is 17.0 Å². The van der Waals surface area contributed by atoms with Gasteiger partial charge in [-0.15, -0.1) is 0 Å². The molecule has 0 aliphatic heterocycles. The van der Waals surface area contributed by atoms with Gasteiger partial charge in [0, 0.05) is 18.0 Å². The quantitative estimate of drug-likeness (QED) is 0.659. The lowest BCUT2D eigenvalue weighted by atomic mass is 10.1. The van der Waals surface area contributed by atoms with Gasteiger partial charge in [0.25, 0.3) is 0 Å². The molecule has 7 heteroatoms. The molecule has 1 saturated carbocycles. The Morgan fingerprint density at radius 1 is 1.26 bits per heavy atom. The van der Waals surface area contributed by atoms with Crippen LogP contribution in [0.4, 0.5) is 4.39 Å². The maximum atomic E-state index is 14.3. The smallest absolute Gasteiger partial charge is 0.303 e. The number of aromatic nitrogens is 3. The number of halogens is 1. The normalized spacial score (nSPS) is 14.0. The minimum atomic E-state index is -0.945. The van der Waals surface area contributed by atoms with Crippen molar-refractivity contribution in [1.29, 1.82) is 0 Å². The number of hydrogen-bond acceptors (Lipinski definition) is 4. The monoisotopic (exact) mass is 369 g/mol. The number of fused-ring (bicyclic) bond motifs is 1. The lowest BCUT2D eigenvalue weighted by Gasteiger charge is -2.07. The van der Waals surface area contributed by atoms with Gasteiger partial charge >= 0.3 is 5.97 Å². The van der Waals surface area contributed by atoms with E-state index in [9.17, 15) is 9.18 Å². The fraction of sp³-hybridized carbons (Fsp3) is 0.350. The first-order valence-corrected chi connectivity index (χ1v) is 9.05. The first-order chi connectivity index (χ1) is 13.1. The Morgan fingerprint density at radius 3 is 2.85 bits per heavy atom. The third kappa shape index (κ3) is 4.14. The van der Waals surface area contributed by atoms with Crippen LogP contribution in [0.3, 0.4) is 0 Å². The summed E-state index contributed by atoms with van der Waals surface area (Å²) in [5, 5.41) is 14.0. The first kappa shape index (κ1) is 17.6. The Kier molecular flexibility index (Phi) is 4.85. The molecule has 27 heavy (non-hydrogen) atoms. The maximum Gasteiger partial charge on any atom is 0.303 e. The van der Waals surface area contributed by atoms with Crippen LogP contribution in [0.1, 0.15) is 30.4 Å². The van der Waals surface area contributed by atoms with Gasteiger partial charge in [0.1, 0.15) is 5.82 Å². The topological polar surface area (TPSA) is 77.2 Å². The zero-order valence-electron chi connectivity index (χ0n) is 14.8. The highest BCUT2D eigenvalue weighted by Gasteiger charge is 2.21. The lowest BCUT2D eigenvalue weighted by Crippen LogP contribution is -2.03. The Morgan fingerprint density at radius 2 is 2.11 bits per heavy atom. The van der Waals surface area contributed by atoms with Crippen molar-refractivity contribution in [2.24, 2.45) is 0 Å². The van der Waals surface area contributed by atoms with Gasteiger partial charge in [-0.3, -0.25) is 4.79 Å². The molecular formula is C20H20FN3O3. The zero-order valence-corrected chi connectivity index (χ0v) is 14.8. The van der Waals surface area contributed by atoms with Crippen molar-refractivity contribution < 1.29 is 19.0 Å². The highest BCUT2D eigenvalue weighted by atomic mass is 19.1. The average Bonchev–Trinajstić information content (AvgIpc) is 3.37. The molecule has 0 bridgehead atoms. The second kappa shape index (κ2) is 7.44. The zero-order chi connectivity index (χ0) is 18.8. The molecule has 1 aliphatic rings. The maximum absolute atomic E-state index is 14.3. The molecule has 0 radical (unpaired) electrons. The Bertz CT molecular complexity index is 982.